The SMILES string of the molecule is Cc1cc(C)cc(NC(=O)Nc2cnn(CC3CCOCC3)c2)c1. The van der Waals surface area contributed by atoms with Crippen molar-refractivity contribution in [2.45, 2.75) is 33.2 Å². The lowest BCUT2D eigenvalue weighted by molar-refractivity contribution is 0.0601. The number of aromatic nitrogens is 2. The lowest BCUT2D eigenvalue weighted by atomic mass is 10.0. The Morgan fingerprint density at radius 1 is 1.17 bits per heavy atom. The maximum Gasteiger partial charge on any atom is 0.323 e. The van der Waals surface area contributed by atoms with Crippen molar-refractivity contribution in [2.75, 3.05) is 23.8 Å². The molecule has 0 unspecified atom stereocenters. The summed E-state index contributed by atoms with van der Waals surface area (Å²) >= 11 is 0. The fourth-order valence-corrected chi connectivity index (χ4v) is 3.06. The molecule has 0 spiro atoms. The van der Waals surface area contributed by atoms with Gasteiger partial charge < -0.3 is 15.4 Å². The largest absolute Gasteiger partial charge is 0.381 e. The molecule has 6 heteroatoms. The highest BCUT2D eigenvalue weighted by atomic mass is 16.5. The highest BCUT2D eigenvalue weighted by molar-refractivity contribution is 5.99. The number of rotatable bonds is 4. The topological polar surface area (TPSA) is 68.2 Å². The van der Waals surface area contributed by atoms with E-state index in [1.165, 1.54) is 0 Å². The molecule has 2 amide bonds. The van der Waals surface area contributed by atoms with Gasteiger partial charge in [-0.3, -0.25) is 4.68 Å². The van der Waals surface area contributed by atoms with E-state index in [0.717, 1.165) is 49.4 Å². The van der Waals surface area contributed by atoms with Crippen LogP contribution in [0.5, 0.6) is 0 Å². The van der Waals surface area contributed by atoms with E-state index in [4.69, 9.17) is 4.74 Å². The number of hydrogen-bond acceptors (Lipinski definition) is 3. The van der Waals surface area contributed by atoms with Crippen molar-refractivity contribution in [3.63, 3.8) is 0 Å². The molecule has 0 radical (unpaired) electrons. The molecule has 24 heavy (non-hydrogen) atoms. The molecule has 3 rings (SSSR count). The monoisotopic (exact) mass is 328 g/mol. The van der Waals surface area contributed by atoms with Crippen molar-refractivity contribution >= 4 is 17.4 Å². The molecule has 0 saturated carbocycles. The van der Waals surface area contributed by atoms with Gasteiger partial charge in [-0.2, -0.15) is 5.10 Å². The fourth-order valence-electron chi connectivity index (χ4n) is 3.06. The normalized spacial score (nSPS) is 15.2. The molecular weight excluding hydrogens is 304 g/mol. The molecule has 2 aromatic rings. The standard InChI is InChI=1S/C18H24N4O2/c1-13-7-14(2)9-16(8-13)20-18(23)21-17-10-19-22(12-17)11-15-3-5-24-6-4-15/h7-10,12,15H,3-6,11H2,1-2H3,(H2,20,21,23). The zero-order valence-corrected chi connectivity index (χ0v) is 14.2. The lowest BCUT2D eigenvalue weighted by Crippen LogP contribution is -2.21. The van der Waals surface area contributed by atoms with Gasteiger partial charge in [-0.15, -0.1) is 0 Å². The number of nitrogens with zero attached hydrogens (tertiary/aromatic N) is 2. The Labute approximate surface area is 142 Å². The second kappa shape index (κ2) is 7.49. The Hall–Kier alpha value is -2.34. The van der Waals surface area contributed by atoms with E-state index in [9.17, 15) is 4.79 Å². The van der Waals surface area contributed by atoms with Gasteiger partial charge in [0.1, 0.15) is 0 Å². The Bertz CT molecular complexity index is 685. The van der Waals surface area contributed by atoms with Gasteiger partial charge in [0, 0.05) is 31.6 Å². The number of carbonyl (C=O) groups is 1. The van der Waals surface area contributed by atoms with Crippen LogP contribution in [0.2, 0.25) is 0 Å². The molecule has 6 nitrogen and oxygen atoms in total. The van der Waals surface area contributed by atoms with Crippen LogP contribution in [0.15, 0.2) is 30.6 Å². The van der Waals surface area contributed by atoms with E-state index in [-0.39, 0.29) is 6.03 Å². The zero-order valence-electron chi connectivity index (χ0n) is 14.2. The Balaban J connectivity index is 1.54. The molecule has 128 valence electrons. The summed E-state index contributed by atoms with van der Waals surface area (Å²) in [5, 5.41) is 10.0. The van der Waals surface area contributed by atoms with Gasteiger partial charge in [-0.05, 0) is 55.9 Å². The molecule has 1 aromatic heterocycles. The molecule has 1 aromatic carbocycles. The zero-order chi connectivity index (χ0) is 16.9. The van der Waals surface area contributed by atoms with E-state index in [0.29, 0.717) is 11.6 Å². The predicted molar refractivity (Wildman–Crippen MR) is 94.3 cm³/mol. The number of hydrogen-bond donors (Lipinski definition) is 2. The summed E-state index contributed by atoms with van der Waals surface area (Å²) in [7, 11) is 0. The van der Waals surface area contributed by atoms with Crippen LogP contribution >= 0.6 is 0 Å². The second-order valence-electron chi connectivity index (χ2n) is 6.46. The van der Waals surface area contributed by atoms with E-state index in [2.05, 4.69) is 21.8 Å². The third-order valence-corrected chi connectivity index (χ3v) is 4.16. The number of anilines is 2. The summed E-state index contributed by atoms with van der Waals surface area (Å²) in [6.45, 7) is 6.54. The van der Waals surface area contributed by atoms with Gasteiger partial charge in [0.25, 0.3) is 0 Å². The van der Waals surface area contributed by atoms with Crippen LogP contribution in [0.25, 0.3) is 0 Å². The average Bonchev–Trinajstić information content (AvgIpc) is 2.94. The molecule has 1 aliphatic heterocycles. The van der Waals surface area contributed by atoms with Crippen LogP contribution in [0.4, 0.5) is 16.2 Å². The van der Waals surface area contributed by atoms with E-state index < -0.39 is 0 Å². The summed E-state index contributed by atoms with van der Waals surface area (Å²) in [5.74, 6) is 0.593. The van der Waals surface area contributed by atoms with Crippen molar-refractivity contribution in [3.8, 4) is 0 Å². The summed E-state index contributed by atoms with van der Waals surface area (Å²) in [6, 6.07) is 5.71. The average molecular weight is 328 g/mol. The van der Waals surface area contributed by atoms with Crippen molar-refractivity contribution in [3.05, 3.63) is 41.7 Å². The maximum absolute atomic E-state index is 12.1. The van der Waals surface area contributed by atoms with Crippen LogP contribution in [-0.2, 0) is 11.3 Å². The quantitative estimate of drug-likeness (QED) is 0.901. The van der Waals surface area contributed by atoms with Crippen LogP contribution in [0.3, 0.4) is 0 Å². The van der Waals surface area contributed by atoms with Crippen molar-refractivity contribution in [1.82, 2.24) is 9.78 Å². The minimum absolute atomic E-state index is 0.259. The molecule has 0 bridgehead atoms. The molecule has 0 atom stereocenters. The van der Waals surface area contributed by atoms with Crippen molar-refractivity contribution in [1.29, 1.82) is 0 Å². The number of nitrogens with one attached hydrogen (secondary N) is 2. The first-order valence-electron chi connectivity index (χ1n) is 8.35. The van der Waals surface area contributed by atoms with Crippen LogP contribution in [0.1, 0.15) is 24.0 Å². The first kappa shape index (κ1) is 16.5. The number of carbonyl (C=O) groups excluding carboxylic acids is 1. The molecule has 1 saturated heterocycles. The molecule has 1 fully saturated rings. The van der Waals surface area contributed by atoms with Crippen LogP contribution in [0, 0.1) is 19.8 Å². The maximum atomic E-state index is 12.1. The number of aryl methyl sites for hydroxylation is 2. The third kappa shape index (κ3) is 4.58. The molecular formula is C18H24N4O2. The van der Waals surface area contributed by atoms with Crippen LogP contribution < -0.4 is 10.6 Å². The predicted octanol–water partition coefficient (Wildman–Crippen LogP) is 3.57. The number of urea groups is 1. The summed E-state index contributed by atoms with van der Waals surface area (Å²) in [5.41, 5.74) is 3.73. The summed E-state index contributed by atoms with van der Waals surface area (Å²) in [6.07, 6.45) is 5.68. The highest BCUT2D eigenvalue weighted by Gasteiger charge is 2.15. The van der Waals surface area contributed by atoms with E-state index in [1.54, 1.807) is 6.20 Å². The number of benzene rings is 1. The molecule has 2 N–H and O–H groups in total. The minimum atomic E-state index is -0.259. The third-order valence-electron chi connectivity index (χ3n) is 4.16. The van der Waals surface area contributed by atoms with Gasteiger partial charge >= 0.3 is 6.03 Å². The Kier molecular flexibility index (Phi) is 5.15. The highest BCUT2D eigenvalue weighted by Crippen LogP contribution is 2.18. The summed E-state index contributed by atoms with van der Waals surface area (Å²) in [4.78, 5) is 12.1. The minimum Gasteiger partial charge on any atom is -0.381 e. The second-order valence-corrected chi connectivity index (χ2v) is 6.46. The van der Waals surface area contributed by atoms with E-state index in [1.807, 2.05) is 36.9 Å². The fraction of sp³-hybridized carbons (Fsp3) is 0.444. The first-order chi connectivity index (χ1) is 11.6. The summed E-state index contributed by atoms with van der Waals surface area (Å²) < 4.78 is 7.26. The van der Waals surface area contributed by atoms with Gasteiger partial charge in [0.15, 0.2) is 0 Å². The number of ether oxygens (including phenoxy) is 1. The molecule has 1 aliphatic rings. The lowest BCUT2D eigenvalue weighted by Gasteiger charge is -2.21. The molecule has 2 heterocycles. The Morgan fingerprint density at radius 3 is 2.54 bits per heavy atom. The van der Waals surface area contributed by atoms with Crippen LogP contribution in [-0.4, -0.2) is 29.0 Å². The van der Waals surface area contributed by atoms with Gasteiger partial charge in [0.2, 0.25) is 0 Å². The smallest absolute Gasteiger partial charge is 0.323 e. The number of amides is 2. The Morgan fingerprint density at radius 2 is 1.83 bits per heavy atom. The van der Waals surface area contributed by atoms with E-state index >= 15 is 0 Å². The van der Waals surface area contributed by atoms with Gasteiger partial charge in [0.05, 0.1) is 11.9 Å². The van der Waals surface area contributed by atoms with Gasteiger partial charge in [-0.25, -0.2) is 4.79 Å². The molecule has 0 aliphatic carbocycles. The van der Waals surface area contributed by atoms with Gasteiger partial charge in [-0.1, -0.05) is 6.07 Å². The van der Waals surface area contributed by atoms with Crippen molar-refractivity contribution < 1.29 is 9.53 Å². The van der Waals surface area contributed by atoms with Crippen molar-refractivity contribution in [2.24, 2.45) is 5.92 Å². The first-order valence-corrected chi connectivity index (χ1v) is 8.35.